The first-order valence-electron chi connectivity index (χ1n) is 8.97. The Morgan fingerprint density at radius 1 is 1.00 bits per heavy atom. The first kappa shape index (κ1) is 18.5. The number of hydrogen-bond donors (Lipinski definition) is 2. The molecule has 9 nitrogen and oxygen atoms in total. The summed E-state index contributed by atoms with van der Waals surface area (Å²) in [5.74, 6) is -1.23. The van der Waals surface area contributed by atoms with Gasteiger partial charge in [-0.3, -0.25) is 0 Å². The highest BCUT2D eigenvalue weighted by molar-refractivity contribution is 5.81. The fourth-order valence-electron chi connectivity index (χ4n) is 3.47. The van der Waals surface area contributed by atoms with Gasteiger partial charge in [-0.25, -0.2) is 9.59 Å². The van der Waals surface area contributed by atoms with Gasteiger partial charge in [0.1, 0.15) is 12.6 Å². The number of nitrogens with one attached hydrogen (secondary N) is 1. The number of fused-ring (bicyclic) bond motifs is 3. The van der Waals surface area contributed by atoms with Crippen LogP contribution >= 0.6 is 0 Å². The number of hydrogen-bond acceptors (Lipinski definition) is 7. The largest absolute Gasteiger partial charge is 0.480 e. The molecule has 1 aliphatic carbocycles. The van der Waals surface area contributed by atoms with Gasteiger partial charge in [0, 0.05) is 12.3 Å². The van der Waals surface area contributed by atoms with E-state index < -0.39 is 18.1 Å². The van der Waals surface area contributed by atoms with Gasteiger partial charge in [0.2, 0.25) is 0 Å². The SMILES string of the molecule is O=C(NC(Cc1nncnn1)C(=O)O)OCC1c2ccccc2-c2ccccc21. The molecular formula is C20H17N5O4. The maximum atomic E-state index is 12.3. The zero-order valence-electron chi connectivity index (χ0n) is 15.2. The van der Waals surface area contributed by atoms with Crippen LogP contribution in [0.3, 0.4) is 0 Å². The highest BCUT2D eigenvalue weighted by Crippen LogP contribution is 2.44. The average molecular weight is 391 g/mol. The summed E-state index contributed by atoms with van der Waals surface area (Å²) in [4.78, 5) is 23.7. The van der Waals surface area contributed by atoms with Crippen molar-refractivity contribution in [1.29, 1.82) is 0 Å². The maximum absolute atomic E-state index is 12.3. The Hall–Kier alpha value is -3.88. The third kappa shape index (κ3) is 3.88. The fraction of sp³-hybridized carbons (Fsp3) is 0.200. The molecule has 0 saturated carbocycles. The fourth-order valence-corrected chi connectivity index (χ4v) is 3.47. The lowest BCUT2D eigenvalue weighted by molar-refractivity contribution is -0.139. The number of benzene rings is 2. The van der Waals surface area contributed by atoms with Crippen LogP contribution in [0.15, 0.2) is 54.9 Å². The van der Waals surface area contributed by atoms with Gasteiger partial charge in [0.25, 0.3) is 0 Å². The minimum Gasteiger partial charge on any atom is -0.480 e. The van der Waals surface area contributed by atoms with Crippen LogP contribution in [0, 0.1) is 0 Å². The summed E-state index contributed by atoms with van der Waals surface area (Å²) in [6, 6.07) is 14.7. The molecule has 0 saturated heterocycles. The van der Waals surface area contributed by atoms with Gasteiger partial charge >= 0.3 is 12.1 Å². The highest BCUT2D eigenvalue weighted by atomic mass is 16.5. The predicted octanol–water partition coefficient (Wildman–Crippen LogP) is 1.80. The third-order valence-electron chi connectivity index (χ3n) is 4.77. The van der Waals surface area contributed by atoms with Crippen LogP contribution in [-0.4, -0.2) is 50.2 Å². The molecule has 29 heavy (non-hydrogen) atoms. The summed E-state index contributed by atoms with van der Waals surface area (Å²) in [6.45, 7) is 0.0944. The molecule has 4 rings (SSSR count). The standard InChI is InChI=1S/C20H17N5O4/c26-19(27)17(9-18-24-21-11-22-25-18)23-20(28)29-10-16-14-7-3-1-5-12(14)13-6-2-4-8-15(13)16/h1-8,11,16-17H,9-10H2,(H,23,28)(H,26,27). The zero-order valence-corrected chi connectivity index (χ0v) is 15.2. The first-order valence-corrected chi connectivity index (χ1v) is 8.97. The summed E-state index contributed by atoms with van der Waals surface area (Å²) in [6.07, 6.45) is 0.162. The zero-order chi connectivity index (χ0) is 20.2. The molecule has 3 aromatic rings. The van der Waals surface area contributed by atoms with Crippen molar-refractivity contribution in [1.82, 2.24) is 25.7 Å². The minimum absolute atomic E-state index is 0.0944. The lowest BCUT2D eigenvalue weighted by Gasteiger charge is -2.17. The summed E-state index contributed by atoms with van der Waals surface area (Å²) >= 11 is 0. The Kier molecular flexibility index (Phi) is 5.10. The molecule has 9 heteroatoms. The van der Waals surface area contributed by atoms with Crippen molar-refractivity contribution in [2.45, 2.75) is 18.4 Å². The molecule has 0 aliphatic heterocycles. The van der Waals surface area contributed by atoms with Crippen LogP contribution in [0.1, 0.15) is 22.9 Å². The van der Waals surface area contributed by atoms with E-state index in [2.05, 4.69) is 25.7 Å². The Morgan fingerprint density at radius 2 is 1.59 bits per heavy atom. The summed E-state index contributed by atoms with van der Waals surface area (Å²) in [7, 11) is 0. The molecule has 0 fully saturated rings. The van der Waals surface area contributed by atoms with Crippen LogP contribution in [0.25, 0.3) is 11.1 Å². The predicted molar refractivity (Wildman–Crippen MR) is 101 cm³/mol. The number of carbonyl (C=O) groups excluding carboxylic acids is 1. The van der Waals surface area contributed by atoms with Crippen LogP contribution in [0.4, 0.5) is 4.79 Å². The van der Waals surface area contributed by atoms with E-state index in [0.29, 0.717) is 0 Å². The summed E-state index contributed by atoms with van der Waals surface area (Å²) in [5.41, 5.74) is 4.38. The molecule has 146 valence electrons. The molecule has 0 bridgehead atoms. The van der Waals surface area contributed by atoms with Crippen molar-refractivity contribution in [2.24, 2.45) is 0 Å². The van der Waals surface area contributed by atoms with Gasteiger partial charge in [-0.05, 0) is 22.3 Å². The van der Waals surface area contributed by atoms with Crippen molar-refractivity contribution in [3.05, 3.63) is 71.8 Å². The number of carboxylic acids is 1. The molecule has 1 aliphatic rings. The van der Waals surface area contributed by atoms with E-state index in [0.717, 1.165) is 28.6 Å². The molecule has 0 radical (unpaired) electrons. The Bertz CT molecular complexity index is 998. The van der Waals surface area contributed by atoms with Gasteiger partial charge in [-0.2, -0.15) is 0 Å². The van der Waals surface area contributed by atoms with E-state index >= 15 is 0 Å². The highest BCUT2D eigenvalue weighted by Gasteiger charge is 2.30. The van der Waals surface area contributed by atoms with E-state index in [4.69, 9.17) is 4.74 Å². The van der Waals surface area contributed by atoms with Crippen LogP contribution in [0.5, 0.6) is 0 Å². The number of carboxylic acid groups (broad SMARTS) is 1. The number of rotatable bonds is 6. The van der Waals surface area contributed by atoms with Crippen molar-refractivity contribution >= 4 is 12.1 Å². The number of ether oxygens (including phenoxy) is 1. The second kappa shape index (κ2) is 8.01. The van der Waals surface area contributed by atoms with Gasteiger partial charge in [-0.15, -0.1) is 20.4 Å². The molecule has 2 aromatic carbocycles. The van der Waals surface area contributed by atoms with Gasteiger partial charge in [0.15, 0.2) is 12.2 Å². The average Bonchev–Trinajstić information content (AvgIpc) is 3.06. The molecule has 1 heterocycles. The first-order chi connectivity index (χ1) is 14.1. The topological polar surface area (TPSA) is 127 Å². The monoisotopic (exact) mass is 391 g/mol. The van der Waals surface area contributed by atoms with Crippen LogP contribution in [-0.2, 0) is 16.0 Å². The number of amides is 1. The molecule has 0 spiro atoms. The number of alkyl carbamates (subject to hydrolysis) is 1. The van der Waals surface area contributed by atoms with Crippen LogP contribution < -0.4 is 5.32 Å². The molecule has 1 unspecified atom stereocenters. The lowest BCUT2D eigenvalue weighted by Crippen LogP contribution is -2.43. The van der Waals surface area contributed by atoms with Crippen molar-refractivity contribution in [3.63, 3.8) is 0 Å². The Balaban J connectivity index is 1.43. The Labute approximate surface area is 165 Å². The van der Waals surface area contributed by atoms with E-state index in [1.54, 1.807) is 0 Å². The lowest BCUT2D eigenvalue weighted by atomic mass is 9.98. The molecule has 1 aromatic heterocycles. The number of aliphatic carboxylic acids is 1. The number of aromatic nitrogens is 4. The summed E-state index contributed by atoms with van der Waals surface area (Å²) in [5, 5.41) is 26.2. The molecular weight excluding hydrogens is 374 g/mol. The van der Waals surface area contributed by atoms with E-state index in [1.165, 1.54) is 0 Å². The van der Waals surface area contributed by atoms with E-state index in [-0.39, 0.29) is 24.8 Å². The van der Waals surface area contributed by atoms with Crippen molar-refractivity contribution in [3.8, 4) is 11.1 Å². The second-order valence-electron chi connectivity index (χ2n) is 6.53. The normalized spacial score (nSPS) is 13.2. The maximum Gasteiger partial charge on any atom is 0.407 e. The van der Waals surface area contributed by atoms with Gasteiger partial charge < -0.3 is 15.2 Å². The smallest absolute Gasteiger partial charge is 0.407 e. The van der Waals surface area contributed by atoms with Crippen molar-refractivity contribution in [2.75, 3.05) is 6.61 Å². The minimum atomic E-state index is -1.25. The Morgan fingerprint density at radius 3 is 2.17 bits per heavy atom. The number of carbonyl (C=O) groups is 2. The van der Waals surface area contributed by atoms with E-state index in [9.17, 15) is 14.7 Å². The number of nitrogens with zero attached hydrogens (tertiary/aromatic N) is 4. The van der Waals surface area contributed by atoms with E-state index in [1.807, 2.05) is 48.5 Å². The van der Waals surface area contributed by atoms with Crippen molar-refractivity contribution < 1.29 is 19.4 Å². The molecule has 1 amide bonds. The quantitative estimate of drug-likeness (QED) is 0.651. The van der Waals surface area contributed by atoms with Crippen LogP contribution in [0.2, 0.25) is 0 Å². The molecule has 2 N–H and O–H groups in total. The molecule has 1 atom stereocenters. The van der Waals surface area contributed by atoms with Gasteiger partial charge in [-0.1, -0.05) is 48.5 Å². The summed E-state index contributed by atoms with van der Waals surface area (Å²) < 4.78 is 5.37. The second-order valence-corrected chi connectivity index (χ2v) is 6.53. The van der Waals surface area contributed by atoms with Gasteiger partial charge in [0.05, 0.1) is 0 Å². The third-order valence-corrected chi connectivity index (χ3v) is 4.77.